The second-order valence-corrected chi connectivity index (χ2v) is 5.24. The summed E-state index contributed by atoms with van der Waals surface area (Å²) in [6.07, 6.45) is -2.59. The van der Waals surface area contributed by atoms with Crippen LogP contribution in [0.25, 0.3) is 17.2 Å². The molecule has 0 saturated carbocycles. The van der Waals surface area contributed by atoms with Crippen molar-refractivity contribution in [2.24, 2.45) is 0 Å². The molecule has 0 aliphatic rings. The summed E-state index contributed by atoms with van der Waals surface area (Å²) in [6, 6.07) is 4.56. The van der Waals surface area contributed by atoms with Crippen molar-refractivity contribution < 1.29 is 31.5 Å². The van der Waals surface area contributed by atoms with Crippen molar-refractivity contribution in [1.29, 1.82) is 0 Å². The minimum atomic E-state index is -4.83. The van der Waals surface area contributed by atoms with Gasteiger partial charge in [-0.05, 0) is 48.4 Å². The van der Waals surface area contributed by atoms with Crippen LogP contribution in [0.4, 0.5) is 27.6 Å². The fourth-order valence-electron chi connectivity index (χ4n) is 2.22. The number of benzene rings is 2. The van der Waals surface area contributed by atoms with Gasteiger partial charge in [0.25, 0.3) is 0 Å². The predicted octanol–water partition coefficient (Wildman–Crippen LogP) is 4.81. The van der Waals surface area contributed by atoms with Gasteiger partial charge in [0.05, 0.1) is 17.9 Å². The van der Waals surface area contributed by atoms with E-state index in [1.165, 1.54) is 12.1 Å². The Kier molecular flexibility index (Phi) is 5.64. The van der Waals surface area contributed by atoms with E-state index in [-0.39, 0.29) is 29.0 Å². The summed E-state index contributed by atoms with van der Waals surface area (Å²) in [5.74, 6) is -3.00. The summed E-state index contributed by atoms with van der Waals surface area (Å²) in [4.78, 5) is 11.3. The van der Waals surface area contributed by atoms with Crippen LogP contribution in [-0.2, 0) is 15.7 Å². The smallest absolute Gasteiger partial charge is 0.419 e. The number of carbonyl (C=O) groups is 1. The molecule has 138 valence electrons. The zero-order valence-electron chi connectivity index (χ0n) is 13.5. The molecule has 0 atom stereocenters. The summed E-state index contributed by atoms with van der Waals surface area (Å²) in [7, 11) is 0. The van der Waals surface area contributed by atoms with Gasteiger partial charge >= 0.3 is 12.1 Å². The fraction of sp³-hybridized carbons (Fsp3) is 0.167. The van der Waals surface area contributed by atoms with Gasteiger partial charge < -0.3 is 10.5 Å². The summed E-state index contributed by atoms with van der Waals surface area (Å²) >= 11 is 0. The number of esters is 1. The third-order valence-electron chi connectivity index (χ3n) is 3.45. The molecule has 0 bridgehead atoms. The van der Waals surface area contributed by atoms with Crippen molar-refractivity contribution in [3.8, 4) is 11.1 Å². The highest BCUT2D eigenvalue weighted by Crippen LogP contribution is 2.34. The van der Waals surface area contributed by atoms with Crippen LogP contribution in [0.1, 0.15) is 18.1 Å². The molecule has 2 N–H and O–H groups in total. The van der Waals surface area contributed by atoms with Gasteiger partial charge in [-0.3, -0.25) is 0 Å². The summed E-state index contributed by atoms with van der Waals surface area (Å²) in [6.45, 7) is 1.76. The van der Waals surface area contributed by atoms with Crippen LogP contribution in [-0.4, -0.2) is 12.6 Å². The Bertz CT molecular complexity index is 859. The molecule has 3 nitrogen and oxygen atoms in total. The molecule has 0 aromatic heterocycles. The molecule has 0 heterocycles. The molecule has 0 spiro atoms. The van der Waals surface area contributed by atoms with E-state index >= 15 is 0 Å². The molecule has 0 unspecified atom stereocenters. The number of ether oxygens (including phenoxy) is 1. The third-order valence-corrected chi connectivity index (χ3v) is 3.45. The lowest BCUT2D eigenvalue weighted by molar-refractivity contribution is -0.140. The highest BCUT2D eigenvalue weighted by atomic mass is 19.4. The predicted molar refractivity (Wildman–Crippen MR) is 86.9 cm³/mol. The first-order valence-electron chi connectivity index (χ1n) is 7.44. The average Bonchev–Trinajstić information content (AvgIpc) is 2.55. The van der Waals surface area contributed by atoms with Gasteiger partial charge in [0.1, 0.15) is 11.6 Å². The molecular weight excluding hydrogens is 357 g/mol. The van der Waals surface area contributed by atoms with Crippen LogP contribution >= 0.6 is 0 Å². The normalized spacial score (nSPS) is 11.8. The number of carbonyl (C=O) groups excluding carboxylic acids is 1. The highest BCUT2D eigenvalue weighted by Gasteiger charge is 2.34. The number of hydrogen-bond acceptors (Lipinski definition) is 3. The van der Waals surface area contributed by atoms with E-state index in [4.69, 9.17) is 10.5 Å². The fourth-order valence-corrected chi connectivity index (χ4v) is 2.22. The summed E-state index contributed by atoms with van der Waals surface area (Å²) in [5.41, 5.74) is 4.16. The van der Waals surface area contributed by atoms with E-state index in [0.717, 1.165) is 18.2 Å². The molecule has 0 fully saturated rings. The zero-order chi connectivity index (χ0) is 19.5. The molecule has 0 amide bonds. The second kappa shape index (κ2) is 7.55. The highest BCUT2D eigenvalue weighted by molar-refractivity contribution is 5.89. The Morgan fingerprint density at radius 1 is 1.12 bits per heavy atom. The number of halogens is 5. The van der Waals surface area contributed by atoms with E-state index in [2.05, 4.69) is 0 Å². The van der Waals surface area contributed by atoms with Crippen molar-refractivity contribution in [2.75, 3.05) is 12.3 Å². The van der Waals surface area contributed by atoms with Crippen LogP contribution in [0, 0.1) is 11.6 Å². The minimum Gasteiger partial charge on any atom is -0.463 e. The third kappa shape index (κ3) is 4.38. The quantitative estimate of drug-likeness (QED) is 0.363. The van der Waals surface area contributed by atoms with E-state index in [1.807, 2.05) is 0 Å². The molecule has 2 rings (SSSR count). The van der Waals surface area contributed by atoms with Crippen molar-refractivity contribution in [3.05, 3.63) is 59.2 Å². The van der Waals surface area contributed by atoms with Gasteiger partial charge in [-0.2, -0.15) is 13.2 Å². The molecule has 2 aromatic carbocycles. The summed E-state index contributed by atoms with van der Waals surface area (Å²) in [5, 5.41) is 0. The van der Waals surface area contributed by atoms with Crippen molar-refractivity contribution in [3.63, 3.8) is 0 Å². The minimum absolute atomic E-state index is 0.0279. The maximum atomic E-state index is 14.0. The topological polar surface area (TPSA) is 52.3 Å². The summed E-state index contributed by atoms with van der Waals surface area (Å²) < 4.78 is 70.3. The van der Waals surface area contributed by atoms with Crippen LogP contribution in [0.3, 0.4) is 0 Å². The van der Waals surface area contributed by atoms with Gasteiger partial charge in [0.15, 0.2) is 0 Å². The lowest BCUT2D eigenvalue weighted by Gasteiger charge is -2.11. The first-order chi connectivity index (χ1) is 12.1. The maximum absolute atomic E-state index is 14.0. The molecular formula is C18H14F5NO2. The number of nitrogen functional groups attached to an aromatic ring is 1. The molecule has 0 radical (unpaired) electrons. The van der Waals surface area contributed by atoms with Crippen LogP contribution in [0.15, 0.2) is 36.4 Å². The van der Waals surface area contributed by atoms with Gasteiger partial charge in [-0.1, -0.05) is 6.07 Å². The van der Waals surface area contributed by atoms with Crippen LogP contribution in [0.5, 0.6) is 0 Å². The van der Waals surface area contributed by atoms with Crippen molar-refractivity contribution in [2.45, 2.75) is 13.1 Å². The first kappa shape index (κ1) is 19.4. The molecule has 0 aliphatic heterocycles. The molecule has 26 heavy (non-hydrogen) atoms. The van der Waals surface area contributed by atoms with Crippen LogP contribution in [0.2, 0.25) is 0 Å². The van der Waals surface area contributed by atoms with E-state index < -0.39 is 29.3 Å². The number of anilines is 1. The SMILES string of the molecule is CCOC(=O)C=Cc1cc(-c2ccc(C(F)(F)F)c(F)c2)cc(F)c1N. The Morgan fingerprint density at radius 2 is 1.77 bits per heavy atom. The molecule has 0 aliphatic carbocycles. The Labute approximate surface area is 145 Å². The standard InChI is InChI=1S/C18H14F5NO2/c1-2-26-16(25)6-4-11-7-12(9-15(20)17(11)24)10-3-5-13(14(19)8-10)18(21,22)23/h3-9H,2,24H2,1H3. The van der Waals surface area contributed by atoms with Gasteiger partial charge in [-0.25, -0.2) is 13.6 Å². The monoisotopic (exact) mass is 371 g/mol. The van der Waals surface area contributed by atoms with Crippen molar-refractivity contribution in [1.82, 2.24) is 0 Å². The lowest BCUT2D eigenvalue weighted by Crippen LogP contribution is -2.07. The Morgan fingerprint density at radius 3 is 2.35 bits per heavy atom. The second-order valence-electron chi connectivity index (χ2n) is 5.24. The number of hydrogen-bond donors (Lipinski definition) is 1. The average molecular weight is 371 g/mol. The van der Waals surface area contributed by atoms with Crippen LogP contribution < -0.4 is 5.73 Å². The van der Waals surface area contributed by atoms with E-state index in [0.29, 0.717) is 12.1 Å². The number of nitrogens with two attached hydrogens (primary N) is 1. The van der Waals surface area contributed by atoms with E-state index in [9.17, 15) is 26.7 Å². The zero-order valence-corrected chi connectivity index (χ0v) is 13.5. The molecule has 8 heteroatoms. The Balaban J connectivity index is 2.45. The number of rotatable bonds is 4. The number of alkyl halides is 3. The van der Waals surface area contributed by atoms with Gasteiger partial charge in [0, 0.05) is 11.6 Å². The molecule has 2 aromatic rings. The van der Waals surface area contributed by atoms with E-state index in [1.54, 1.807) is 6.92 Å². The van der Waals surface area contributed by atoms with Crippen molar-refractivity contribution >= 4 is 17.7 Å². The maximum Gasteiger partial charge on any atom is 0.419 e. The van der Waals surface area contributed by atoms with Gasteiger partial charge in [0.2, 0.25) is 0 Å². The first-order valence-corrected chi connectivity index (χ1v) is 7.44. The largest absolute Gasteiger partial charge is 0.463 e. The lowest BCUT2D eigenvalue weighted by atomic mass is 9.99. The van der Waals surface area contributed by atoms with Gasteiger partial charge in [-0.15, -0.1) is 0 Å². The molecule has 0 saturated heterocycles. The Hall–Kier alpha value is -2.90.